The van der Waals surface area contributed by atoms with E-state index in [1.54, 1.807) is 6.20 Å². The van der Waals surface area contributed by atoms with Gasteiger partial charge in [0, 0.05) is 25.9 Å². The molecule has 1 aromatic heterocycles. The fraction of sp³-hybridized carbons (Fsp3) is 0.615. The summed E-state index contributed by atoms with van der Waals surface area (Å²) in [6, 6.07) is 4.17. The Morgan fingerprint density at radius 2 is 2.11 bits per heavy atom. The van der Waals surface area contributed by atoms with Gasteiger partial charge in [-0.2, -0.15) is 0 Å². The number of aromatic nitrogens is 1. The van der Waals surface area contributed by atoms with Crippen molar-refractivity contribution >= 4 is 15.5 Å². The number of anilines is 1. The second-order valence-electron chi connectivity index (χ2n) is 4.77. The number of nitrogens with zero attached hydrogens (tertiary/aromatic N) is 2. The Kier molecular flexibility index (Phi) is 5.75. The Bertz CT molecular complexity index is 485. The standard InChI is InChI=1S/C13H23N3O2S/c1-5-14-11(2)13-7-6-12(10-15-13)16(3)8-9-19(4,17)18/h6-7,10-11,14H,5,8-9H2,1-4H3. The maximum atomic E-state index is 11.1. The van der Waals surface area contributed by atoms with Gasteiger partial charge in [0.25, 0.3) is 0 Å². The van der Waals surface area contributed by atoms with Crippen molar-refractivity contribution in [1.29, 1.82) is 0 Å². The topological polar surface area (TPSA) is 62.3 Å². The van der Waals surface area contributed by atoms with Crippen molar-refractivity contribution in [3.63, 3.8) is 0 Å². The highest BCUT2D eigenvalue weighted by atomic mass is 32.2. The van der Waals surface area contributed by atoms with Gasteiger partial charge >= 0.3 is 0 Å². The fourth-order valence-corrected chi connectivity index (χ4v) is 2.33. The molecule has 0 fully saturated rings. The zero-order valence-corrected chi connectivity index (χ0v) is 12.9. The summed E-state index contributed by atoms with van der Waals surface area (Å²) in [5.74, 6) is 0.152. The highest BCUT2D eigenvalue weighted by Gasteiger charge is 2.09. The second-order valence-corrected chi connectivity index (χ2v) is 7.03. The van der Waals surface area contributed by atoms with Crippen LogP contribution in [0.15, 0.2) is 18.3 Å². The van der Waals surface area contributed by atoms with Crippen LogP contribution in [0.1, 0.15) is 25.6 Å². The SMILES string of the molecule is CCNC(C)c1ccc(N(C)CCS(C)(=O)=O)cn1. The minimum atomic E-state index is -2.93. The average molecular weight is 285 g/mol. The Labute approximate surface area is 116 Å². The summed E-state index contributed by atoms with van der Waals surface area (Å²) in [6.45, 7) is 5.50. The number of hydrogen-bond acceptors (Lipinski definition) is 5. The van der Waals surface area contributed by atoms with Gasteiger partial charge in [-0.1, -0.05) is 6.92 Å². The lowest BCUT2D eigenvalue weighted by molar-refractivity contribution is 0.583. The van der Waals surface area contributed by atoms with Gasteiger partial charge in [0.2, 0.25) is 0 Å². The number of nitrogens with one attached hydrogen (secondary N) is 1. The van der Waals surface area contributed by atoms with Gasteiger partial charge in [-0.3, -0.25) is 4.98 Å². The largest absolute Gasteiger partial charge is 0.372 e. The molecule has 1 heterocycles. The van der Waals surface area contributed by atoms with E-state index in [1.165, 1.54) is 6.26 Å². The molecule has 5 nitrogen and oxygen atoms in total. The summed E-state index contributed by atoms with van der Waals surface area (Å²) in [5.41, 5.74) is 1.92. The molecule has 0 spiro atoms. The molecule has 1 aromatic rings. The van der Waals surface area contributed by atoms with Crippen LogP contribution in [0.3, 0.4) is 0 Å². The Balaban J connectivity index is 2.65. The quantitative estimate of drug-likeness (QED) is 0.816. The molecule has 108 valence electrons. The summed E-state index contributed by atoms with van der Waals surface area (Å²) in [5, 5.41) is 3.30. The van der Waals surface area contributed by atoms with Crippen molar-refractivity contribution in [2.75, 3.05) is 37.0 Å². The molecule has 0 aliphatic heterocycles. The van der Waals surface area contributed by atoms with E-state index in [-0.39, 0.29) is 11.8 Å². The van der Waals surface area contributed by atoms with E-state index in [0.29, 0.717) is 6.54 Å². The minimum Gasteiger partial charge on any atom is -0.372 e. The van der Waals surface area contributed by atoms with Crippen LogP contribution in [-0.4, -0.2) is 45.5 Å². The monoisotopic (exact) mass is 285 g/mol. The van der Waals surface area contributed by atoms with Crippen LogP contribution in [0, 0.1) is 0 Å². The van der Waals surface area contributed by atoms with Gasteiger partial charge in [0.15, 0.2) is 0 Å². The molecule has 1 unspecified atom stereocenters. The zero-order chi connectivity index (χ0) is 14.5. The first-order valence-electron chi connectivity index (χ1n) is 6.41. The Morgan fingerprint density at radius 1 is 1.42 bits per heavy atom. The number of rotatable bonds is 7. The first-order chi connectivity index (χ1) is 8.83. The minimum absolute atomic E-state index is 0.152. The Morgan fingerprint density at radius 3 is 2.58 bits per heavy atom. The molecule has 1 atom stereocenters. The molecule has 0 aliphatic carbocycles. The smallest absolute Gasteiger partial charge is 0.149 e. The van der Waals surface area contributed by atoms with Gasteiger partial charge in [-0.25, -0.2) is 8.42 Å². The van der Waals surface area contributed by atoms with Crippen LogP contribution >= 0.6 is 0 Å². The Hall–Kier alpha value is -1.14. The third kappa shape index (κ3) is 5.57. The number of hydrogen-bond donors (Lipinski definition) is 1. The van der Waals surface area contributed by atoms with E-state index in [9.17, 15) is 8.42 Å². The molecule has 19 heavy (non-hydrogen) atoms. The molecule has 0 saturated carbocycles. The molecular weight excluding hydrogens is 262 g/mol. The fourth-order valence-electron chi connectivity index (χ4n) is 1.72. The molecule has 0 saturated heterocycles. The summed E-state index contributed by atoms with van der Waals surface area (Å²) < 4.78 is 22.3. The normalized spacial score (nSPS) is 13.3. The van der Waals surface area contributed by atoms with Gasteiger partial charge in [-0.05, 0) is 25.6 Å². The predicted molar refractivity (Wildman–Crippen MR) is 79.3 cm³/mol. The molecule has 0 aromatic carbocycles. The lowest BCUT2D eigenvalue weighted by Crippen LogP contribution is -2.25. The van der Waals surface area contributed by atoms with Crippen molar-refractivity contribution in [2.45, 2.75) is 19.9 Å². The van der Waals surface area contributed by atoms with Crippen molar-refractivity contribution < 1.29 is 8.42 Å². The molecule has 0 radical (unpaired) electrons. The van der Waals surface area contributed by atoms with E-state index in [4.69, 9.17) is 0 Å². The van der Waals surface area contributed by atoms with Crippen LogP contribution < -0.4 is 10.2 Å². The molecule has 6 heteroatoms. The third-order valence-corrected chi connectivity index (χ3v) is 3.89. The third-order valence-electron chi connectivity index (χ3n) is 2.96. The van der Waals surface area contributed by atoms with Gasteiger partial charge in [0.1, 0.15) is 9.84 Å². The van der Waals surface area contributed by atoms with E-state index < -0.39 is 9.84 Å². The van der Waals surface area contributed by atoms with Crippen LogP contribution in [0.5, 0.6) is 0 Å². The van der Waals surface area contributed by atoms with E-state index in [2.05, 4.69) is 24.1 Å². The van der Waals surface area contributed by atoms with Gasteiger partial charge in [0.05, 0.1) is 23.3 Å². The average Bonchev–Trinajstić information content (AvgIpc) is 2.35. The lowest BCUT2D eigenvalue weighted by atomic mass is 10.2. The lowest BCUT2D eigenvalue weighted by Gasteiger charge is -2.19. The van der Waals surface area contributed by atoms with Crippen molar-refractivity contribution in [2.24, 2.45) is 0 Å². The van der Waals surface area contributed by atoms with Gasteiger partial charge in [-0.15, -0.1) is 0 Å². The highest BCUT2D eigenvalue weighted by Crippen LogP contribution is 2.15. The summed E-state index contributed by atoms with van der Waals surface area (Å²) in [6.07, 6.45) is 3.03. The van der Waals surface area contributed by atoms with Crippen molar-refractivity contribution in [3.05, 3.63) is 24.0 Å². The van der Waals surface area contributed by atoms with Crippen molar-refractivity contribution in [1.82, 2.24) is 10.3 Å². The van der Waals surface area contributed by atoms with Crippen LogP contribution in [0.4, 0.5) is 5.69 Å². The second kappa shape index (κ2) is 6.86. The molecule has 0 amide bonds. The first kappa shape index (κ1) is 15.9. The van der Waals surface area contributed by atoms with Crippen molar-refractivity contribution in [3.8, 4) is 0 Å². The molecule has 0 aliphatic rings. The molecule has 1 rings (SSSR count). The van der Waals surface area contributed by atoms with E-state index in [1.807, 2.05) is 24.1 Å². The summed E-state index contributed by atoms with van der Waals surface area (Å²) in [4.78, 5) is 6.31. The number of pyridine rings is 1. The highest BCUT2D eigenvalue weighted by molar-refractivity contribution is 7.90. The zero-order valence-electron chi connectivity index (χ0n) is 12.0. The summed E-state index contributed by atoms with van der Waals surface area (Å²) >= 11 is 0. The van der Waals surface area contributed by atoms with E-state index >= 15 is 0 Å². The van der Waals surface area contributed by atoms with Gasteiger partial charge < -0.3 is 10.2 Å². The maximum absolute atomic E-state index is 11.1. The maximum Gasteiger partial charge on any atom is 0.149 e. The molecular formula is C13H23N3O2S. The van der Waals surface area contributed by atoms with Crippen LogP contribution in [0.2, 0.25) is 0 Å². The summed E-state index contributed by atoms with van der Waals surface area (Å²) in [7, 11) is -1.06. The molecule has 0 bridgehead atoms. The van der Waals surface area contributed by atoms with Crippen LogP contribution in [0.25, 0.3) is 0 Å². The van der Waals surface area contributed by atoms with E-state index in [0.717, 1.165) is 17.9 Å². The predicted octanol–water partition coefficient (Wildman–Crippen LogP) is 1.23. The van der Waals surface area contributed by atoms with Crippen LogP contribution in [-0.2, 0) is 9.84 Å². The first-order valence-corrected chi connectivity index (χ1v) is 8.47. The molecule has 1 N–H and O–H groups in total. The number of sulfone groups is 1.